The van der Waals surface area contributed by atoms with Gasteiger partial charge in [-0.25, -0.2) is 9.50 Å². The molecule has 5 rings (SSSR count). The van der Waals surface area contributed by atoms with E-state index in [-0.39, 0.29) is 11.8 Å². The Kier molecular flexibility index (Phi) is 3.71. The van der Waals surface area contributed by atoms with E-state index in [1.807, 2.05) is 13.8 Å². The van der Waals surface area contributed by atoms with Crippen LogP contribution in [0, 0.1) is 0 Å². The fourth-order valence-electron chi connectivity index (χ4n) is 3.53. The van der Waals surface area contributed by atoms with Crippen LogP contribution in [0.3, 0.4) is 0 Å². The summed E-state index contributed by atoms with van der Waals surface area (Å²) in [5, 5.41) is 15.3. The highest BCUT2D eigenvalue weighted by molar-refractivity contribution is 5.93. The van der Waals surface area contributed by atoms with Crippen molar-refractivity contribution in [2.45, 2.75) is 32.7 Å². The van der Waals surface area contributed by atoms with Gasteiger partial charge in [-0.05, 0) is 12.0 Å². The molecule has 10 heteroatoms. The van der Waals surface area contributed by atoms with E-state index in [9.17, 15) is 4.79 Å². The molecule has 0 saturated carbocycles. The van der Waals surface area contributed by atoms with Gasteiger partial charge < -0.3 is 9.42 Å². The number of rotatable bonds is 3. The molecule has 0 unspecified atom stereocenters. The van der Waals surface area contributed by atoms with Gasteiger partial charge in [-0.1, -0.05) is 19.0 Å². The van der Waals surface area contributed by atoms with Crippen LogP contribution >= 0.6 is 0 Å². The molecule has 0 bridgehead atoms. The number of hydrogen-bond donors (Lipinski definition) is 1. The number of nitrogens with one attached hydrogen (secondary N) is 1. The lowest BCUT2D eigenvalue weighted by Gasteiger charge is -2.27. The summed E-state index contributed by atoms with van der Waals surface area (Å²) in [7, 11) is 0. The predicted molar refractivity (Wildman–Crippen MR) is 97.4 cm³/mol. The molecule has 1 amide bonds. The second-order valence-electron chi connectivity index (χ2n) is 7.08. The molecule has 10 nitrogen and oxygen atoms in total. The van der Waals surface area contributed by atoms with Crippen LogP contribution < -0.4 is 0 Å². The number of carbonyl (C=O) groups is 1. The van der Waals surface area contributed by atoms with Crippen LogP contribution in [0.15, 0.2) is 29.2 Å². The zero-order chi connectivity index (χ0) is 19.3. The third-order valence-corrected chi connectivity index (χ3v) is 4.98. The standard InChI is InChI=1S/C18H18N8O2/c1-10(2)14-7-13(22-18-19-9-20-26(14)18)17(27)25-6-4-12-11(8-25)16(24-23-12)15-3-5-21-28-15/h3,5,7,9-10H,4,6,8H2,1-2H3,(H,23,24). The lowest BCUT2D eigenvalue weighted by Crippen LogP contribution is -2.36. The maximum atomic E-state index is 13.2. The molecule has 0 atom stereocenters. The van der Waals surface area contributed by atoms with Crippen molar-refractivity contribution in [2.24, 2.45) is 0 Å². The molecule has 1 aliphatic heterocycles. The Balaban J connectivity index is 1.49. The van der Waals surface area contributed by atoms with Crippen LogP contribution in [0.5, 0.6) is 0 Å². The highest BCUT2D eigenvalue weighted by Gasteiger charge is 2.28. The van der Waals surface area contributed by atoms with E-state index >= 15 is 0 Å². The Labute approximate surface area is 159 Å². The predicted octanol–water partition coefficient (Wildman–Crippen LogP) is 1.82. The molecule has 0 aromatic carbocycles. The van der Waals surface area contributed by atoms with Crippen LogP contribution in [-0.4, -0.2) is 52.3 Å². The zero-order valence-electron chi connectivity index (χ0n) is 15.5. The average molecular weight is 378 g/mol. The first kappa shape index (κ1) is 16.6. The van der Waals surface area contributed by atoms with E-state index < -0.39 is 0 Å². The number of H-pyrrole nitrogens is 1. The molecule has 5 heterocycles. The first-order chi connectivity index (χ1) is 13.6. The van der Waals surface area contributed by atoms with Gasteiger partial charge in [-0.2, -0.15) is 15.2 Å². The van der Waals surface area contributed by atoms with E-state index in [2.05, 4.69) is 30.4 Å². The molecule has 0 saturated heterocycles. The van der Waals surface area contributed by atoms with Crippen molar-refractivity contribution in [3.63, 3.8) is 0 Å². The van der Waals surface area contributed by atoms with Crippen LogP contribution in [0.4, 0.5) is 0 Å². The van der Waals surface area contributed by atoms with E-state index in [0.29, 0.717) is 42.4 Å². The lowest BCUT2D eigenvalue weighted by molar-refractivity contribution is 0.0728. The molecule has 0 aliphatic carbocycles. The van der Waals surface area contributed by atoms with Crippen molar-refractivity contribution < 1.29 is 9.32 Å². The quantitative estimate of drug-likeness (QED) is 0.578. The minimum absolute atomic E-state index is 0.136. The van der Waals surface area contributed by atoms with Gasteiger partial charge in [0.2, 0.25) is 0 Å². The fourth-order valence-corrected chi connectivity index (χ4v) is 3.53. The van der Waals surface area contributed by atoms with Gasteiger partial charge in [0.05, 0.1) is 18.4 Å². The van der Waals surface area contributed by atoms with Crippen LogP contribution in [0.1, 0.15) is 47.2 Å². The van der Waals surface area contributed by atoms with Crippen molar-refractivity contribution in [3.05, 3.63) is 47.3 Å². The van der Waals surface area contributed by atoms with E-state index in [1.165, 1.54) is 6.33 Å². The minimum Gasteiger partial charge on any atom is -0.355 e. The Hall–Kier alpha value is -3.56. The topological polar surface area (TPSA) is 118 Å². The molecule has 142 valence electrons. The molecular formula is C18H18N8O2. The summed E-state index contributed by atoms with van der Waals surface area (Å²) in [5.74, 6) is 1.05. The lowest BCUT2D eigenvalue weighted by atomic mass is 10.0. The molecule has 4 aromatic heterocycles. The molecule has 28 heavy (non-hydrogen) atoms. The van der Waals surface area contributed by atoms with Gasteiger partial charge in [0.1, 0.15) is 17.7 Å². The molecule has 1 aliphatic rings. The summed E-state index contributed by atoms with van der Waals surface area (Å²) >= 11 is 0. The van der Waals surface area contributed by atoms with E-state index in [1.54, 1.807) is 27.7 Å². The maximum absolute atomic E-state index is 13.2. The second-order valence-corrected chi connectivity index (χ2v) is 7.08. The summed E-state index contributed by atoms with van der Waals surface area (Å²) in [6, 6.07) is 3.56. The summed E-state index contributed by atoms with van der Waals surface area (Å²) < 4.78 is 6.91. The summed E-state index contributed by atoms with van der Waals surface area (Å²) in [6.45, 7) is 5.11. The van der Waals surface area contributed by atoms with Crippen molar-refractivity contribution >= 4 is 11.7 Å². The van der Waals surface area contributed by atoms with Crippen LogP contribution in [0.2, 0.25) is 0 Å². The first-order valence-electron chi connectivity index (χ1n) is 9.09. The van der Waals surface area contributed by atoms with Gasteiger partial charge in [0.15, 0.2) is 5.76 Å². The number of hydrogen-bond acceptors (Lipinski definition) is 7. The van der Waals surface area contributed by atoms with Gasteiger partial charge in [-0.3, -0.25) is 9.89 Å². The summed E-state index contributed by atoms with van der Waals surface area (Å²) in [5.41, 5.74) is 3.92. The normalized spacial score (nSPS) is 14.0. The zero-order valence-corrected chi connectivity index (χ0v) is 15.5. The smallest absolute Gasteiger partial charge is 0.272 e. The second kappa shape index (κ2) is 6.25. The van der Waals surface area contributed by atoms with Crippen molar-refractivity contribution in [1.29, 1.82) is 0 Å². The number of nitrogens with zero attached hydrogens (tertiary/aromatic N) is 7. The summed E-state index contributed by atoms with van der Waals surface area (Å²) in [6.07, 6.45) is 3.71. The molecular weight excluding hydrogens is 360 g/mol. The van der Waals surface area contributed by atoms with E-state index in [0.717, 1.165) is 17.0 Å². The maximum Gasteiger partial charge on any atom is 0.272 e. The van der Waals surface area contributed by atoms with Gasteiger partial charge >= 0.3 is 0 Å². The van der Waals surface area contributed by atoms with Crippen molar-refractivity contribution in [2.75, 3.05) is 6.54 Å². The van der Waals surface area contributed by atoms with Crippen molar-refractivity contribution in [1.82, 2.24) is 39.8 Å². The number of carbonyl (C=O) groups excluding carboxylic acids is 1. The molecule has 1 N–H and O–H groups in total. The highest BCUT2D eigenvalue weighted by atomic mass is 16.5. The van der Waals surface area contributed by atoms with Gasteiger partial charge in [-0.15, -0.1) is 0 Å². The number of aromatic amines is 1. The Morgan fingerprint density at radius 2 is 2.25 bits per heavy atom. The van der Waals surface area contributed by atoms with Gasteiger partial charge in [0.25, 0.3) is 11.7 Å². The Morgan fingerprint density at radius 1 is 1.36 bits per heavy atom. The number of fused-ring (bicyclic) bond motifs is 2. The van der Waals surface area contributed by atoms with Crippen molar-refractivity contribution in [3.8, 4) is 11.5 Å². The van der Waals surface area contributed by atoms with Crippen LogP contribution in [0.25, 0.3) is 17.2 Å². The monoisotopic (exact) mass is 378 g/mol. The SMILES string of the molecule is CC(C)c1cc(C(=O)N2CCc3[nH]nc(-c4ccno4)c3C2)nc2ncnn12. The third-order valence-electron chi connectivity index (χ3n) is 4.98. The highest BCUT2D eigenvalue weighted by Crippen LogP contribution is 2.29. The molecule has 4 aromatic rings. The summed E-state index contributed by atoms with van der Waals surface area (Å²) in [4.78, 5) is 23.6. The fraction of sp³-hybridized carbons (Fsp3) is 0.333. The molecule has 0 radical (unpaired) electrons. The van der Waals surface area contributed by atoms with Crippen LogP contribution in [-0.2, 0) is 13.0 Å². The number of amides is 1. The average Bonchev–Trinajstić information content (AvgIpc) is 3.45. The first-order valence-corrected chi connectivity index (χ1v) is 9.09. The molecule has 0 fully saturated rings. The molecule has 0 spiro atoms. The van der Waals surface area contributed by atoms with Gasteiger partial charge in [0, 0.05) is 30.3 Å². The minimum atomic E-state index is -0.136. The third kappa shape index (κ3) is 2.56. The number of aromatic nitrogens is 7. The Morgan fingerprint density at radius 3 is 3.04 bits per heavy atom. The Bertz CT molecular complexity index is 1160. The van der Waals surface area contributed by atoms with E-state index in [4.69, 9.17) is 4.52 Å². The largest absolute Gasteiger partial charge is 0.355 e.